The molecular weight excluding hydrogens is 440 g/mol. The van der Waals surface area contributed by atoms with Crippen LogP contribution in [-0.2, 0) is 14.8 Å². The fraction of sp³-hybridized carbons (Fsp3) is 0.0909. The average Bonchev–Trinajstić information content (AvgIpc) is 2.76. The second-order valence-corrected chi connectivity index (χ2v) is 8.68. The number of rotatable bonds is 6. The molecule has 7 nitrogen and oxygen atoms in total. The lowest BCUT2D eigenvalue weighted by molar-refractivity contribution is 0.0600. The van der Waals surface area contributed by atoms with E-state index in [0.717, 1.165) is 0 Å². The monoisotopic (exact) mass is 458 g/mol. The van der Waals surface area contributed by atoms with Crippen LogP contribution in [0, 0.1) is 6.92 Å². The molecule has 0 aromatic heterocycles. The molecule has 0 aliphatic heterocycles. The van der Waals surface area contributed by atoms with Crippen molar-refractivity contribution in [1.82, 2.24) is 0 Å². The van der Waals surface area contributed by atoms with Crippen LogP contribution < -0.4 is 10.0 Å². The Bertz CT molecular complexity index is 1240. The number of carbonyl (C=O) groups excluding carboxylic acids is 2. The van der Waals surface area contributed by atoms with E-state index in [1.807, 2.05) is 0 Å². The third-order valence-electron chi connectivity index (χ3n) is 4.42. The minimum Gasteiger partial charge on any atom is -0.465 e. The number of amides is 1. The van der Waals surface area contributed by atoms with Gasteiger partial charge in [-0.1, -0.05) is 29.8 Å². The highest BCUT2D eigenvalue weighted by Crippen LogP contribution is 2.25. The Labute approximate surface area is 185 Å². The maximum atomic E-state index is 12.7. The van der Waals surface area contributed by atoms with E-state index in [9.17, 15) is 18.0 Å². The molecule has 3 aromatic rings. The van der Waals surface area contributed by atoms with Gasteiger partial charge >= 0.3 is 5.97 Å². The van der Waals surface area contributed by atoms with Gasteiger partial charge in [0.2, 0.25) is 0 Å². The van der Waals surface area contributed by atoms with Gasteiger partial charge < -0.3 is 10.1 Å². The first-order chi connectivity index (χ1) is 14.7. The van der Waals surface area contributed by atoms with Gasteiger partial charge in [0.15, 0.2) is 0 Å². The lowest BCUT2D eigenvalue weighted by atomic mass is 10.1. The van der Waals surface area contributed by atoms with Crippen LogP contribution in [0.4, 0.5) is 11.4 Å². The Morgan fingerprint density at radius 3 is 2.23 bits per heavy atom. The summed E-state index contributed by atoms with van der Waals surface area (Å²) in [5, 5.41) is 2.90. The molecule has 1 amide bonds. The van der Waals surface area contributed by atoms with E-state index >= 15 is 0 Å². The Morgan fingerprint density at radius 2 is 1.58 bits per heavy atom. The zero-order valence-electron chi connectivity index (χ0n) is 16.7. The highest BCUT2D eigenvalue weighted by Gasteiger charge is 2.17. The van der Waals surface area contributed by atoms with Gasteiger partial charge in [0.25, 0.3) is 15.9 Å². The molecule has 0 unspecified atom stereocenters. The van der Waals surface area contributed by atoms with Crippen LogP contribution in [0.25, 0.3) is 0 Å². The largest absolute Gasteiger partial charge is 0.465 e. The Hall–Kier alpha value is -3.36. The molecule has 0 aliphatic carbocycles. The number of sulfonamides is 1. The summed E-state index contributed by atoms with van der Waals surface area (Å²) in [5.74, 6) is -1.03. The van der Waals surface area contributed by atoms with E-state index in [2.05, 4.69) is 14.8 Å². The number of benzene rings is 3. The van der Waals surface area contributed by atoms with Gasteiger partial charge in [-0.3, -0.25) is 9.52 Å². The van der Waals surface area contributed by atoms with Gasteiger partial charge in [0, 0.05) is 5.56 Å². The average molecular weight is 459 g/mol. The minimum absolute atomic E-state index is 0.136. The van der Waals surface area contributed by atoms with Gasteiger partial charge in [0.05, 0.1) is 34.0 Å². The molecular formula is C22H19ClN2O5S. The van der Waals surface area contributed by atoms with Crippen molar-refractivity contribution < 1.29 is 22.7 Å². The number of carbonyl (C=O) groups is 2. The molecule has 160 valence electrons. The van der Waals surface area contributed by atoms with E-state index < -0.39 is 21.9 Å². The van der Waals surface area contributed by atoms with Crippen molar-refractivity contribution in [3.8, 4) is 0 Å². The van der Waals surface area contributed by atoms with Crippen molar-refractivity contribution in [3.05, 3.63) is 88.4 Å². The van der Waals surface area contributed by atoms with Crippen LogP contribution in [0.5, 0.6) is 0 Å². The SMILES string of the molecule is COC(=O)c1ccc(Cl)c(NC(=O)c2ccc(NS(=O)(=O)c3ccccc3)c(C)c2)c1. The summed E-state index contributed by atoms with van der Waals surface area (Å²) >= 11 is 6.12. The zero-order valence-corrected chi connectivity index (χ0v) is 18.3. The summed E-state index contributed by atoms with van der Waals surface area (Å²) in [6, 6.07) is 16.9. The van der Waals surface area contributed by atoms with Crippen molar-refractivity contribution >= 4 is 44.9 Å². The van der Waals surface area contributed by atoms with Gasteiger partial charge in [-0.15, -0.1) is 0 Å². The number of halogens is 1. The van der Waals surface area contributed by atoms with Gasteiger partial charge in [0.1, 0.15) is 0 Å². The number of hydrogen-bond acceptors (Lipinski definition) is 5. The number of anilines is 2. The minimum atomic E-state index is -3.75. The normalized spacial score (nSPS) is 10.9. The quantitative estimate of drug-likeness (QED) is 0.530. The first kappa shape index (κ1) is 22.3. The molecule has 0 saturated carbocycles. The summed E-state index contributed by atoms with van der Waals surface area (Å²) in [4.78, 5) is 24.5. The highest BCUT2D eigenvalue weighted by atomic mass is 35.5. The molecule has 9 heteroatoms. The molecule has 0 aliphatic rings. The van der Waals surface area contributed by atoms with Gasteiger partial charge in [-0.05, 0) is 61.0 Å². The fourth-order valence-electron chi connectivity index (χ4n) is 2.78. The molecule has 2 N–H and O–H groups in total. The smallest absolute Gasteiger partial charge is 0.337 e. The van der Waals surface area contributed by atoms with Crippen molar-refractivity contribution in [2.24, 2.45) is 0 Å². The summed E-state index contributed by atoms with van der Waals surface area (Å²) in [6.45, 7) is 1.69. The standard InChI is InChI=1S/C22H19ClN2O5S/c1-14-12-15(9-11-19(14)25-31(28,29)17-6-4-3-5-7-17)21(26)24-20-13-16(22(27)30-2)8-10-18(20)23/h3-13,25H,1-2H3,(H,24,26). The number of methoxy groups -OCH3 is 1. The second-order valence-electron chi connectivity index (χ2n) is 6.59. The topological polar surface area (TPSA) is 102 Å². The summed E-state index contributed by atoms with van der Waals surface area (Å²) in [7, 11) is -2.49. The number of nitrogens with one attached hydrogen (secondary N) is 2. The third-order valence-corrected chi connectivity index (χ3v) is 6.13. The highest BCUT2D eigenvalue weighted by molar-refractivity contribution is 7.92. The van der Waals surface area contributed by atoms with E-state index in [4.69, 9.17) is 11.6 Å². The number of esters is 1. The van der Waals surface area contributed by atoms with Crippen LogP contribution in [0.1, 0.15) is 26.3 Å². The third kappa shape index (κ3) is 5.22. The van der Waals surface area contributed by atoms with Crippen molar-refractivity contribution in [3.63, 3.8) is 0 Å². The molecule has 0 saturated heterocycles. The van der Waals surface area contributed by atoms with Gasteiger partial charge in [-0.25, -0.2) is 13.2 Å². The van der Waals surface area contributed by atoms with Crippen molar-refractivity contribution in [2.45, 2.75) is 11.8 Å². The lowest BCUT2D eigenvalue weighted by Gasteiger charge is -2.13. The lowest BCUT2D eigenvalue weighted by Crippen LogP contribution is -2.15. The van der Waals surface area contributed by atoms with Crippen LogP contribution in [-0.4, -0.2) is 27.4 Å². The van der Waals surface area contributed by atoms with Crippen molar-refractivity contribution in [2.75, 3.05) is 17.1 Å². The Balaban J connectivity index is 1.80. The first-order valence-corrected chi connectivity index (χ1v) is 10.9. The van der Waals surface area contributed by atoms with E-state index in [1.165, 1.54) is 49.6 Å². The number of aryl methyl sites for hydroxylation is 1. The summed E-state index contributed by atoms with van der Waals surface area (Å²) < 4.78 is 32.2. The molecule has 3 aromatic carbocycles. The molecule has 0 heterocycles. The Kier molecular flexibility index (Phi) is 6.62. The van der Waals surface area contributed by atoms with Crippen LogP contribution >= 0.6 is 11.6 Å². The summed E-state index contributed by atoms with van der Waals surface area (Å²) in [6.07, 6.45) is 0. The maximum Gasteiger partial charge on any atom is 0.337 e. The van der Waals surface area contributed by atoms with Crippen LogP contribution in [0.2, 0.25) is 5.02 Å². The fourth-order valence-corrected chi connectivity index (χ4v) is 4.10. The van der Waals surface area contributed by atoms with Crippen LogP contribution in [0.3, 0.4) is 0 Å². The Morgan fingerprint density at radius 1 is 0.903 bits per heavy atom. The molecule has 0 atom stereocenters. The molecule has 0 fully saturated rings. The molecule has 0 spiro atoms. The zero-order chi connectivity index (χ0) is 22.6. The molecule has 0 bridgehead atoms. The first-order valence-electron chi connectivity index (χ1n) is 9.09. The maximum absolute atomic E-state index is 12.7. The van der Waals surface area contributed by atoms with E-state index in [0.29, 0.717) is 16.8 Å². The van der Waals surface area contributed by atoms with E-state index in [-0.39, 0.29) is 21.2 Å². The predicted octanol–water partition coefficient (Wildman–Crippen LogP) is 4.49. The summed E-state index contributed by atoms with van der Waals surface area (Å²) in [5.41, 5.74) is 1.69. The number of ether oxygens (including phenoxy) is 1. The van der Waals surface area contributed by atoms with Crippen LogP contribution in [0.15, 0.2) is 71.6 Å². The van der Waals surface area contributed by atoms with Gasteiger partial charge in [-0.2, -0.15) is 0 Å². The van der Waals surface area contributed by atoms with E-state index in [1.54, 1.807) is 31.2 Å². The number of hydrogen-bond donors (Lipinski definition) is 2. The molecule has 0 radical (unpaired) electrons. The molecule has 31 heavy (non-hydrogen) atoms. The second kappa shape index (κ2) is 9.20. The molecule has 3 rings (SSSR count). The van der Waals surface area contributed by atoms with Crippen molar-refractivity contribution in [1.29, 1.82) is 0 Å². The predicted molar refractivity (Wildman–Crippen MR) is 119 cm³/mol.